The second-order valence-electron chi connectivity index (χ2n) is 6.26. The number of ketones is 1. The maximum Gasteiger partial charge on any atom is 0.343 e. The summed E-state index contributed by atoms with van der Waals surface area (Å²) >= 11 is 0. The van der Waals surface area contributed by atoms with Crippen LogP contribution in [0.4, 0.5) is 0 Å². The minimum atomic E-state index is -0.463. The number of aryl methyl sites for hydroxylation is 1. The fourth-order valence-electron chi connectivity index (χ4n) is 2.78. The summed E-state index contributed by atoms with van der Waals surface area (Å²) in [4.78, 5) is 24.7. The molecular formula is C23H16O4. The van der Waals surface area contributed by atoms with Gasteiger partial charge in [-0.1, -0.05) is 48.0 Å². The lowest BCUT2D eigenvalue weighted by Gasteiger charge is -2.05. The van der Waals surface area contributed by atoms with Crippen molar-refractivity contribution < 1.29 is 19.1 Å². The molecule has 0 aliphatic carbocycles. The van der Waals surface area contributed by atoms with Gasteiger partial charge in [0.15, 0.2) is 5.76 Å². The molecule has 0 spiro atoms. The van der Waals surface area contributed by atoms with Crippen LogP contribution in [-0.2, 0) is 0 Å². The van der Waals surface area contributed by atoms with Crippen LogP contribution in [-0.4, -0.2) is 11.8 Å². The number of esters is 1. The standard InChI is InChI=1S/C23H16O4/c1-15-7-9-16(10-8-15)13-21-22(24)19-12-11-18(14-20(19)27-21)26-23(25)17-5-3-2-4-6-17/h2-14H,1H3. The number of fused-ring (bicyclic) bond motifs is 1. The number of Topliss-reactive ketones (excluding diaryl/α,β-unsaturated/α-hetero) is 1. The van der Waals surface area contributed by atoms with Gasteiger partial charge < -0.3 is 9.47 Å². The van der Waals surface area contributed by atoms with E-state index < -0.39 is 5.97 Å². The molecule has 0 atom stereocenters. The van der Waals surface area contributed by atoms with Crippen molar-refractivity contribution in [3.05, 3.63) is 101 Å². The second kappa shape index (κ2) is 6.92. The molecule has 0 fully saturated rings. The molecular weight excluding hydrogens is 340 g/mol. The summed E-state index contributed by atoms with van der Waals surface area (Å²) in [6.45, 7) is 2.00. The highest BCUT2D eigenvalue weighted by Crippen LogP contribution is 2.35. The van der Waals surface area contributed by atoms with Gasteiger partial charge in [0.2, 0.25) is 5.78 Å². The molecule has 1 heterocycles. The SMILES string of the molecule is Cc1ccc(C=C2Oc3cc(OC(=O)c4ccccc4)ccc3C2=O)cc1. The third kappa shape index (κ3) is 3.51. The van der Waals surface area contributed by atoms with Gasteiger partial charge in [0.1, 0.15) is 11.5 Å². The quantitative estimate of drug-likeness (QED) is 0.383. The summed E-state index contributed by atoms with van der Waals surface area (Å²) in [6.07, 6.45) is 1.71. The summed E-state index contributed by atoms with van der Waals surface area (Å²) in [6, 6.07) is 21.3. The Kier molecular flexibility index (Phi) is 4.30. The highest BCUT2D eigenvalue weighted by atomic mass is 16.5. The van der Waals surface area contributed by atoms with Crippen LogP contribution in [0.1, 0.15) is 31.8 Å². The minimum Gasteiger partial charge on any atom is -0.452 e. The minimum absolute atomic E-state index is 0.188. The molecule has 0 saturated heterocycles. The molecule has 1 aliphatic heterocycles. The Balaban J connectivity index is 1.55. The van der Waals surface area contributed by atoms with Gasteiger partial charge in [0.05, 0.1) is 11.1 Å². The summed E-state index contributed by atoms with van der Waals surface area (Å²) in [5, 5.41) is 0. The van der Waals surface area contributed by atoms with Crippen LogP contribution in [0.2, 0.25) is 0 Å². The Labute approximate surface area is 156 Å². The summed E-state index contributed by atoms with van der Waals surface area (Å²) in [5.41, 5.74) is 2.93. The summed E-state index contributed by atoms with van der Waals surface area (Å²) in [7, 11) is 0. The van der Waals surface area contributed by atoms with Gasteiger partial charge in [-0.25, -0.2) is 4.79 Å². The Morgan fingerprint density at radius 1 is 0.963 bits per heavy atom. The maximum atomic E-state index is 12.5. The van der Waals surface area contributed by atoms with Gasteiger partial charge in [-0.15, -0.1) is 0 Å². The van der Waals surface area contributed by atoms with E-state index in [1.54, 1.807) is 48.5 Å². The van der Waals surface area contributed by atoms with Gasteiger partial charge in [-0.05, 0) is 42.8 Å². The van der Waals surface area contributed by atoms with E-state index in [4.69, 9.17) is 9.47 Å². The predicted octanol–water partition coefficient (Wildman–Crippen LogP) is 4.83. The van der Waals surface area contributed by atoms with Gasteiger partial charge in [-0.3, -0.25) is 4.79 Å². The van der Waals surface area contributed by atoms with E-state index in [0.717, 1.165) is 11.1 Å². The zero-order valence-electron chi connectivity index (χ0n) is 14.6. The molecule has 0 bridgehead atoms. The van der Waals surface area contributed by atoms with Crippen LogP contribution < -0.4 is 9.47 Å². The molecule has 0 saturated carbocycles. The molecule has 0 N–H and O–H groups in total. The Hall–Kier alpha value is -3.66. The Morgan fingerprint density at radius 2 is 1.70 bits per heavy atom. The van der Waals surface area contributed by atoms with Crippen molar-refractivity contribution in [3.8, 4) is 11.5 Å². The van der Waals surface area contributed by atoms with E-state index >= 15 is 0 Å². The number of benzene rings is 3. The summed E-state index contributed by atoms with van der Waals surface area (Å²) < 4.78 is 11.1. The van der Waals surface area contributed by atoms with Crippen LogP contribution in [0.15, 0.2) is 78.6 Å². The van der Waals surface area contributed by atoms with E-state index in [0.29, 0.717) is 22.6 Å². The first-order valence-corrected chi connectivity index (χ1v) is 8.52. The first-order valence-electron chi connectivity index (χ1n) is 8.52. The maximum absolute atomic E-state index is 12.5. The van der Waals surface area contributed by atoms with Crippen LogP contribution in [0.5, 0.6) is 11.5 Å². The number of allylic oxidation sites excluding steroid dienone is 1. The zero-order chi connectivity index (χ0) is 18.8. The fraction of sp³-hybridized carbons (Fsp3) is 0.0435. The van der Waals surface area contributed by atoms with Crippen molar-refractivity contribution in [3.63, 3.8) is 0 Å². The summed E-state index contributed by atoms with van der Waals surface area (Å²) in [5.74, 6) is 0.311. The van der Waals surface area contributed by atoms with Crippen LogP contribution in [0.25, 0.3) is 6.08 Å². The lowest BCUT2D eigenvalue weighted by atomic mass is 10.1. The first-order chi connectivity index (χ1) is 13.1. The molecule has 3 aromatic carbocycles. The zero-order valence-corrected chi connectivity index (χ0v) is 14.6. The predicted molar refractivity (Wildman–Crippen MR) is 102 cm³/mol. The highest BCUT2D eigenvalue weighted by Gasteiger charge is 2.28. The third-order valence-electron chi connectivity index (χ3n) is 4.24. The Morgan fingerprint density at radius 3 is 2.44 bits per heavy atom. The van der Waals surface area contributed by atoms with E-state index in [1.807, 2.05) is 37.3 Å². The van der Waals surface area contributed by atoms with E-state index in [-0.39, 0.29) is 11.5 Å². The molecule has 0 aromatic heterocycles. The number of carbonyl (C=O) groups excluding carboxylic acids is 2. The molecule has 4 heteroatoms. The van der Waals surface area contributed by atoms with Crippen LogP contribution >= 0.6 is 0 Å². The van der Waals surface area contributed by atoms with E-state index in [1.165, 1.54) is 0 Å². The van der Waals surface area contributed by atoms with Crippen molar-refractivity contribution in [2.24, 2.45) is 0 Å². The fourth-order valence-corrected chi connectivity index (χ4v) is 2.78. The van der Waals surface area contributed by atoms with Crippen molar-refractivity contribution in [2.75, 3.05) is 0 Å². The molecule has 3 aromatic rings. The molecule has 4 rings (SSSR count). The third-order valence-corrected chi connectivity index (χ3v) is 4.24. The first kappa shape index (κ1) is 16.8. The molecule has 0 radical (unpaired) electrons. The average Bonchev–Trinajstić information content (AvgIpc) is 2.99. The van der Waals surface area contributed by atoms with Crippen molar-refractivity contribution in [1.29, 1.82) is 0 Å². The number of rotatable bonds is 3. The van der Waals surface area contributed by atoms with Crippen molar-refractivity contribution in [2.45, 2.75) is 6.92 Å². The van der Waals surface area contributed by atoms with Crippen molar-refractivity contribution in [1.82, 2.24) is 0 Å². The van der Waals surface area contributed by atoms with Gasteiger partial charge in [0, 0.05) is 6.07 Å². The van der Waals surface area contributed by atoms with Crippen LogP contribution in [0.3, 0.4) is 0 Å². The van der Waals surface area contributed by atoms with Gasteiger partial charge >= 0.3 is 5.97 Å². The topological polar surface area (TPSA) is 52.6 Å². The van der Waals surface area contributed by atoms with Crippen LogP contribution in [0, 0.1) is 6.92 Å². The van der Waals surface area contributed by atoms with Gasteiger partial charge in [-0.2, -0.15) is 0 Å². The highest BCUT2D eigenvalue weighted by molar-refractivity contribution is 6.14. The van der Waals surface area contributed by atoms with Crippen molar-refractivity contribution >= 4 is 17.8 Å². The molecule has 1 aliphatic rings. The average molecular weight is 356 g/mol. The number of ether oxygens (including phenoxy) is 2. The monoisotopic (exact) mass is 356 g/mol. The largest absolute Gasteiger partial charge is 0.452 e. The molecule has 0 amide bonds. The number of hydrogen-bond acceptors (Lipinski definition) is 4. The molecule has 27 heavy (non-hydrogen) atoms. The second-order valence-corrected chi connectivity index (χ2v) is 6.26. The molecule has 0 unspecified atom stereocenters. The lowest BCUT2D eigenvalue weighted by molar-refractivity contribution is 0.0734. The van der Waals surface area contributed by atoms with Gasteiger partial charge in [0.25, 0.3) is 0 Å². The Bertz CT molecular complexity index is 1050. The number of carbonyl (C=O) groups is 2. The molecule has 4 nitrogen and oxygen atoms in total. The normalized spacial score (nSPS) is 14.0. The lowest BCUT2D eigenvalue weighted by Crippen LogP contribution is -2.08. The smallest absolute Gasteiger partial charge is 0.343 e. The number of hydrogen-bond donors (Lipinski definition) is 0. The van der Waals surface area contributed by atoms with E-state index in [2.05, 4.69) is 0 Å². The molecule has 132 valence electrons. The van der Waals surface area contributed by atoms with E-state index in [9.17, 15) is 9.59 Å².